The van der Waals surface area contributed by atoms with Crippen LogP contribution in [0.3, 0.4) is 0 Å². The van der Waals surface area contributed by atoms with Gasteiger partial charge in [-0.25, -0.2) is 4.98 Å². The van der Waals surface area contributed by atoms with Gasteiger partial charge in [0.25, 0.3) is 5.91 Å². The fourth-order valence-electron chi connectivity index (χ4n) is 2.27. The Balaban J connectivity index is 1.59. The number of carbonyl (C=O) groups is 1. The third-order valence-electron chi connectivity index (χ3n) is 3.51. The van der Waals surface area contributed by atoms with Gasteiger partial charge in [-0.3, -0.25) is 9.89 Å². The third kappa shape index (κ3) is 3.41. The minimum absolute atomic E-state index is 0.0685. The standard InChI is InChI=1S/C16H17ClN6O/c1-9(5-4-8-12-13(17)14(18)23-22-12)19-16(24)15-20-10-6-2-3-7-11(10)21-15/h2-4,6-9H,5H2,1H3,(H,19,24)(H,20,21)(H3,18,22,23)/b8-4+/t9-/m0/s1. The highest BCUT2D eigenvalue weighted by molar-refractivity contribution is 6.34. The molecule has 3 aromatic rings. The van der Waals surface area contributed by atoms with Crippen LogP contribution in [-0.4, -0.2) is 32.1 Å². The second kappa shape index (κ2) is 6.76. The zero-order valence-electron chi connectivity index (χ0n) is 13.0. The second-order valence-corrected chi connectivity index (χ2v) is 5.83. The van der Waals surface area contributed by atoms with Crippen LogP contribution in [0, 0.1) is 0 Å². The van der Waals surface area contributed by atoms with E-state index in [9.17, 15) is 4.79 Å². The average molecular weight is 345 g/mol. The zero-order valence-corrected chi connectivity index (χ0v) is 13.8. The lowest BCUT2D eigenvalue weighted by atomic mass is 10.2. The van der Waals surface area contributed by atoms with Crippen LogP contribution in [0.2, 0.25) is 5.02 Å². The summed E-state index contributed by atoms with van der Waals surface area (Å²) in [6.07, 6.45) is 4.30. The van der Waals surface area contributed by atoms with Gasteiger partial charge in [-0.2, -0.15) is 5.10 Å². The number of aromatic nitrogens is 4. The Hall–Kier alpha value is -2.80. The van der Waals surface area contributed by atoms with Crippen molar-refractivity contribution in [1.29, 1.82) is 0 Å². The van der Waals surface area contributed by atoms with E-state index in [-0.39, 0.29) is 17.8 Å². The Morgan fingerprint density at radius 3 is 2.96 bits per heavy atom. The monoisotopic (exact) mass is 344 g/mol. The highest BCUT2D eigenvalue weighted by Crippen LogP contribution is 2.21. The van der Waals surface area contributed by atoms with Crippen LogP contribution in [-0.2, 0) is 0 Å². The molecule has 0 bridgehead atoms. The molecule has 0 unspecified atom stereocenters. The molecule has 1 amide bonds. The summed E-state index contributed by atoms with van der Waals surface area (Å²) in [6.45, 7) is 1.91. The topological polar surface area (TPSA) is 112 Å². The van der Waals surface area contributed by atoms with Crippen molar-refractivity contribution in [2.24, 2.45) is 0 Å². The first-order valence-electron chi connectivity index (χ1n) is 7.46. The van der Waals surface area contributed by atoms with Gasteiger partial charge >= 0.3 is 0 Å². The number of hydrogen-bond donors (Lipinski definition) is 4. The fraction of sp³-hybridized carbons (Fsp3) is 0.188. The number of nitrogen functional groups attached to an aromatic ring is 1. The minimum atomic E-state index is -0.240. The van der Waals surface area contributed by atoms with Crippen LogP contribution in [0.4, 0.5) is 5.82 Å². The van der Waals surface area contributed by atoms with Gasteiger partial charge in [-0.15, -0.1) is 0 Å². The number of para-hydroxylation sites is 2. The summed E-state index contributed by atoms with van der Waals surface area (Å²) in [6, 6.07) is 7.44. The van der Waals surface area contributed by atoms with E-state index < -0.39 is 0 Å². The molecule has 0 radical (unpaired) electrons. The average Bonchev–Trinajstić information content (AvgIpc) is 3.13. The van der Waals surface area contributed by atoms with Crippen LogP contribution in [0.5, 0.6) is 0 Å². The Bertz CT molecular complexity index is 864. The van der Waals surface area contributed by atoms with Gasteiger partial charge in [0.05, 0.1) is 16.7 Å². The first kappa shape index (κ1) is 16.1. The van der Waals surface area contributed by atoms with Gasteiger partial charge in [0.2, 0.25) is 0 Å². The van der Waals surface area contributed by atoms with Crippen LogP contribution >= 0.6 is 11.6 Å². The number of nitrogens with one attached hydrogen (secondary N) is 3. The molecule has 3 rings (SSSR count). The number of H-pyrrole nitrogens is 2. The van der Waals surface area contributed by atoms with Gasteiger partial charge in [0, 0.05) is 6.04 Å². The van der Waals surface area contributed by atoms with E-state index >= 15 is 0 Å². The molecule has 0 aliphatic heterocycles. The number of carbonyl (C=O) groups excluding carboxylic acids is 1. The fourth-order valence-corrected chi connectivity index (χ4v) is 2.42. The molecular weight excluding hydrogens is 328 g/mol. The van der Waals surface area contributed by atoms with Gasteiger partial charge in [0.15, 0.2) is 11.6 Å². The SMILES string of the molecule is C[C@@H](C/C=C/c1[nH]nc(N)c1Cl)NC(=O)c1nc2ccccc2[nH]1. The molecule has 124 valence electrons. The quantitative estimate of drug-likeness (QED) is 0.570. The van der Waals surface area contributed by atoms with Gasteiger partial charge in [-0.1, -0.05) is 29.8 Å². The number of halogens is 1. The number of benzene rings is 1. The number of rotatable bonds is 5. The lowest BCUT2D eigenvalue weighted by Gasteiger charge is -2.10. The Morgan fingerprint density at radius 2 is 2.25 bits per heavy atom. The van der Waals surface area contributed by atoms with E-state index in [4.69, 9.17) is 17.3 Å². The maximum absolute atomic E-state index is 12.2. The number of hydrogen-bond acceptors (Lipinski definition) is 4. The molecule has 1 aromatic carbocycles. The van der Waals surface area contributed by atoms with E-state index in [1.54, 1.807) is 6.08 Å². The first-order valence-corrected chi connectivity index (χ1v) is 7.84. The molecular formula is C16H17ClN6O. The normalized spacial score (nSPS) is 12.8. The van der Waals surface area contributed by atoms with Crippen molar-refractivity contribution in [3.63, 3.8) is 0 Å². The summed E-state index contributed by atoms with van der Waals surface area (Å²) in [7, 11) is 0. The van der Waals surface area contributed by atoms with Crippen molar-refractivity contribution in [2.45, 2.75) is 19.4 Å². The minimum Gasteiger partial charge on any atom is -0.381 e. The van der Waals surface area contributed by atoms with E-state index in [0.717, 1.165) is 11.0 Å². The Kier molecular flexibility index (Phi) is 4.52. The highest BCUT2D eigenvalue weighted by atomic mass is 35.5. The predicted octanol–water partition coefficient (Wildman–Crippen LogP) is 2.74. The lowest BCUT2D eigenvalue weighted by Crippen LogP contribution is -2.32. The number of aromatic amines is 2. The van der Waals surface area contributed by atoms with Crippen LogP contribution in [0.15, 0.2) is 30.3 Å². The molecule has 0 fully saturated rings. The summed E-state index contributed by atoms with van der Waals surface area (Å²) in [5, 5.41) is 9.83. The second-order valence-electron chi connectivity index (χ2n) is 5.45. The summed E-state index contributed by atoms with van der Waals surface area (Å²) >= 11 is 5.97. The van der Waals surface area contributed by atoms with E-state index in [2.05, 4.69) is 25.5 Å². The highest BCUT2D eigenvalue weighted by Gasteiger charge is 2.13. The molecule has 0 saturated carbocycles. The van der Waals surface area contributed by atoms with Crippen molar-refractivity contribution >= 4 is 40.4 Å². The molecule has 0 spiro atoms. The number of imidazole rings is 1. The van der Waals surface area contributed by atoms with Crippen LogP contribution in [0.25, 0.3) is 17.1 Å². The molecule has 0 aliphatic rings. The molecule has 0 aliphatic carbocycles. The summed E-state index contributed by atoms with van der Waals surface area (Å²) < 4.78 is 0. The number of anilines is 1. The van der Waals surface area contributed by atoms with Crippen molar-refractivity contribution in [3.05, 3.63) is 46.9 Å². The van der Waals surface area contributed by atoms with Gasteiger partial charge < -0.3 is 16.0 Å². The van der Waals surface area contributed by atoms with E-state index in [1.807, 2.05) is 37.3 Å². The zero-order chi connectivity index (χ0) is 17.1. The van der Waals surface area contributed by atoms with Crippen LogP contribution in [0.1, 0.15) is 29.7 Å². The maximum atomic E-state index is 12.2. The molecule has 1 atom stereocenters. The van der Waals surface area contributed by atoms with E-state index in [0.29, 0.717) is 23.0 Å². The molecule has 2 heterocycles. The molecule has 5 N–H and O–H groups in total. The van der Waals surface area contributed by atoms with Crippen molar-refractivity contribution in [2.75, 3.05) is 5.73 Å². The number of nitrogens with zero attached hydrogens (tertiary/aromatic N) is 2. The predicted molar refractivity (Wildman–Crippen MR) is 94.7 cm³/mol. The Morgan fingerprint density at radius 1 is 1.46 bits per heavy atom. The summed E-state index contributed by atoms with van der Waals surface area (Å²) in [5.41, 5.74) is 7.80. The van der Waals surface area contributed by atoms with Gasteiger partial charge in [0.1, 0.15) is 5.02 Å². The van der Waals surface area contributed by atoms with Crippen molar-refractivity contribution in [1.82, 2.24) is 25.5 Å². The first-order chi connectivity index (χ1) is 11.5. The summed E-state index contributed by atoms with van der Waals surface area (Å²) in [5.74, 6) is 0.329. The lowest BCUT2D eigenvalue weighted by molar-refractivity contribution is 0.0931. The number of fused-ring (bicyclic) bond motifs is 1. The molecule has 2 aromatic heterocycles. The van der Waals surface area contributed by atoms with Gasteiger partial charge in [-0.05, 0) is 31.6 Å². The largest absolute Gasteiger partial charge is 0.381 e. The number of amides is 1. The van der Waals surface area contributed by atoms with Crippen LogP contribution < -0.4 is 11.1 Å². The van der Waals surface area contributed by atoms with Crippen molar-refractivity contribution < 1.29 is 4.79 Å². The number of nitrogens with two attached hydrogens (primary N) is 1. The van der Waals surface area contributed by atoms with Crippen molar-refractivity contribution in [3.8, 4) is 0 Å². The molecule has 7 nitrogen and oxygen atoms in total. The Labute approximate surface area is 143 Å². The third-order valence-corrected chi connectivity index (χ3v) is 3.91. The summed E-state index contributed by atoms with van der Waals surface area (Å²) in [4.78, 5) is 19.5. The smallest absolute Gasteiger partial charge is 0.287 e. The molecule has 0 saturated heterocycles. The maximum Gasteiger partial charge on any atom is 0.287 e. The van der Waals surface area contributed by atoms with E-state index in [1.165, 1.54) is 0 Å². The molecule has 8 heteroatoms. The molecule has 24 heavy (non-hydrogen) atoms.